The highest BCUT2D eigenvalue weighted by Gasteiger charge is 2.21. The highest BCUT2D eigenvalue weighted by molar-refractivity contribution is 5.40. The minimum absolute atomic E-state index is 0.615. The summed E-state index contributed by atoms with van der Waals surface area (Å²) in [5.74, 6) is 3.51. The van der Waals surface area contributed by atoms with Crippen LogP contribution in [0.4, 0.5) is 0 Å². The number of ether oxygens (including phenoxy) is 1. The molecular weight excluding hydrogens is 208 g/mol. The molecule has 0 heterocycles. The van der Waals surface area contributed by atoms with Crippen LogP contribution in [0.15, 0.2) is 24.8 Å². The Morgan fingerprint density at radius 2 is 1.88 bits per heavy atom. The van der Waals surface area contributed by atoms with E-state index in [-0.39, 0.29) is 0 Å². The molecule has 1 heteroatoms. The summed E-state index contributed by atoms with van der Waals surface area (Å²) in [6.45, 7) is 11.9. The van der Waals surface area contributed by atoms with Gasteiger partial charge in [-0.1, -0.05) is 12.0 Å². The molecule has 1 rings (SSSR count). The second kappa shape index (κ2) is 5.10. The normalized spacial score (nSPS) is 13.6. The molecule has 1 atom stereocenters. The molecule has 0 radical (unpaired) electrons. The minimum Gasteiger partial charge on any atom is -0.475 e. The van der Waals surface area contributed by atoms with Gasteiger partial charge < -0.3 is 4.74 Å². The Hall–Kier alpha value is -1.68. The quantitative estimate of drug-likeness (QED) is 0.560. The Morgan fingerprint density at radius 3 is 2.29 bits per heavy atom. The molecule has 1 aromatic carbocycles. The van der Waals surface area contributed by atoms with E-state index in [0.717, 1.165) is 5.75 Å². The third-order valence-corrected chi connectivity index (χ3v) is 3.08. The highest BCUT2D eigenvalue weighted by atomic mass is 16.5. The molecule has 17 heavy (non-hydrogen) atoms. The summed E-state index contributed by atoms with van der Waals surface area (Å²) in [6, 6.07) is 4.06. The van der Waals surface area contributed by atoms with Crippen LogP contribution in [0.25, 0.3) is 0 Å². The van der Waals surface area contributed by atoms with Gasteiger partial charge in [0, 0.05) is 6.42 Å². The summed E-state index contributed by atoms with van der Waals surface area (Å²) < 4.78 is 5.90. The van der Waals surface area contributed by atoms with Crippen molar-refractivity contribution in [2.45, 2.75) is 39.7 Å². The van der Waals surface area contributed by atoms with Crippen molar-refractivity contribution in [1.82, 2.24) is 0 Å². The third-order valence-electron chi connectivity index (χ3n) is 3.08. The number of rotatable bonds is 4. The van der Waals surface area contributed by atoms with Gasteiger partial charge >= 0.3 is 0 Å². The van der Waals surface area contributed by atoms with Gasteiger partial charge in [0.05, 0.1) is 0 Å². The van der Waals surface area contributed by atoms with Crippen LogP contribution in [0, 0.1) is 33.1 Å². The fourth-order valence-corrected chi connectivity index (χ4v) is 1.72. The van der Waals surface area contributed by atoms with Gasteiger partial charge in [-0.05, 0) is 56.5 Å². The fourth-order valence-electron chi connectivity index (χ4n) is 1.72. The van der Waals surface area contributed by atoms with Crippen molar-refractivity contribution in [3.05, 3.63) is 41.5 Å². The lowest BCUT2D eigenvalue weighted by Crippen LogP contribution is -2.29. The number of hydrogen-bond donors (Lipinski definition) is 0. The van der Waals surface area contributed by atoms with E-state index in [1.807, 2.05) is 19.1 Å². The topological polar surface area (TPSA) is 9.23 Å². The highest BCUT2D eigenvalue weighted by Crippen LogP contribution is 2.26. The zero-order valence-corrected chi connectivity index (χ0v) is 11.1. The third kappa shape index (κ3) is 3.14. The van der Waals surface area contributed by atoms with Crippen molar-refractivity contribution in [1.29, 1.82) is 0 Å². The maximum atomic E-state index is 5.90. The van der Waals surface area contributed by atoms with Crippen LogP contribution in [0.2, 0.25) is 0 Å². The molecule has 0 bridgehead atoms. The average Bonchev–Trinajstić information content (AvgIpc) is 2.26. The van der Waals surface area contributed by atoms with Crippen LogP contribution in [-0.4, -0.2) is 5.60 Å². The van der Waals surface area contributed by atoms with Gasteiger partial charge in [-0.25, -0.2) is 0 Å². The monoisotopic (exact) mass is 228 g/mol. The standard InChI is InChI=1S/C16H20O/c1-7-9-16(6,8-2)17-15-10-12(3)14(5)13(4)11-15/h2,7,10-11H,1,9H2,3-6H3. The molecule has 90 valence electrons. The molecule has 0 amide bonds. The van der Waals surface area contributed by atoms with E-state index >= 15 is 0 Å². The first-order chi connectivity index (χ1) is 7.91. The molecular formula is C16H20O. The number of benzene rings is 1. The van der Waals surface area contributed by atoms with E-state index in [9.17, 15) is 0 Å². The summed E-state index contributed by atoms with van der Waals surface area (Å²) in [4.78, 5) is 0. The van der Waals surface area contributed by atoms with Crippen molar-refractivity contribution < 1.29 is 4.74 Å². The molecule has 0 aliphatic rings. The van der Waals surface area contributed by atoms with E-state index in [2.05, 4.69) is 33.3 Å². The van der Waals surface area contributed by atoms with Gasteiger partial charge in [-0.15, -0.1) is 13.0 Å². The van der Waals surface area contributed by atoms with Crippen LogP contribution in [-0.2, 0) is 0 Å². The van der Waals surface area contributed by atoms with Crippen LogP contribution in [0.5, 0.6) is 5.75 Å². The Labute approximate surface area is 105 Å². The summed E-state index contributed by atoms with van der Waals surface area (Å²) in [5, 5.41) is 0. The molecule has 0 aromatic heterocycles. The largest absolute Gasteiger partial charge is 0.475 e. The lowest BCUT2D eigenvalue weighted by atomic mass is 10.0. The van der Waals surface area contributed by atoms with Crippen molar-refractivity contribution in [2.75, 3.05) is 0 Å². The molecule has 0 saturated carbocycles. The van der Waals surface area contributed by atoms with Crippen LogP contribution >= 0.6 is 0 Å². The zero-order valence-electron chi connectivity index (χ0n) is 11.1. The molecule has 0 spiro atoms. The summed E-state index contributed by atoms with van der Waals surface area (Å²) in [7, 11) is 0. The Balaban J connectivity index is 3.03. The number of hydrogen-bond acceptors (Lipinski definition) is 1. The first-order valence-corrected chi connectivity index (χ1v) is 5.77. The molecule has 1 unspecified atom stereocenters. The molecule has 1 nitrogen and oxygen atoms in total. The molecule has 0 fully saturated rings. The first-order valence-electron chi connectivity index (χ1n) is 5.77. The average molecular weight is 228 g/mol. The fraction of sp³-hybridized carbons (Fsp3) is 0.375. The van der Waals surface area contributed by atoms with E-state index in [0.29, 0.717) is 6.42 Å². The van der Waals surface area contributed by atoms with E-state index < -0.39 is 5.60 Å². The summed E-state index contributed by atoms with van der Waals surface area (Å²) in [5.41, 5.74) is 3.12. The van der Waals surface area contributed by atoms with Gasteiger partial charge in [-0.2, -0.15) is 0 Å². The van der Waals surface area contributed by atoms with Crippen molar-refractivity contribution >= 4 is 0 Å². The second-order valence-corrected chi connectivity index (χ2v) is 4.65. The molecule has 0 aliphatic carbocycles. The van der Waals surface area contributed by atoms with Crippen molar-refractivity contribution in [2.24, 2.45) is 0 Å². The van der Waals surface area contributed by atoms with Crippen molar-refractivity contribution in [3.8, 4) is 18.1 Å². The lowest BCUT2D eigenvalue weighted by molar-refractivity contribution is 0.154. The predicted octanol–water partition coefficient (Wildman–Crippen LogP) is 3.96. The second-order valence-electron chi connectivity index (χ2n) is 4.65. The minimum atomic E-state index is -0.615. The van der Waals surface area contributed by atoms with E-state index in [1.165, 1.54) is 16.7 Å². The van der Waals surface area contributed by atoms with Gasteiger partial charge in [0.25, 0.3) is 0 Å². The van der Waals surface area contributed by atoms with E-state index in [1.54, 1.807) is 6.08 Å². The Morgan fingerprint density at radius 1 is 1.35 bits per heavy atom. The maximum Gasteiger partial charge on any atom is 0.169 e. The van der Waals surface area contributed by atoms with Gasteiger partial charge in [0.2, 0.25) is 0 Å². The number of terminal acetylenes is 1. The zero-order chi connectivity index (χ0) is 13.1. The predicted molar refractivity (Wildman–Crippen MR) is 73.3 cm³/mol. The van der Waals surface area contributed by atoms with Gasteiger partial charge in [0.1, 0.15) is 5.75 Å². The van der Waals surface area contributed by atoms with Crippen molar-refractivity contribution in [3.63, 3.8) is 0 Å². The first kappa shape index (κ1) is 13.4. The molecule has 0 N–H and O–H groups in total. The van der Waals surface area contributed by atoms with Gasteiger partial charge in [0.15, 0.2) is 5.60 Å². The molecule has 0 saturated heterocycles. The molecule has 1 aromatic rings. The Kier molecular flexibility index (Phi) is 4.02. The number of aryl methyl sites for hydroxylation is 2. The summed E-state index contributed by atoms with van der Waals surface area (Å²) in [6.07, 6.45) is 7.94. The smallest absolute Gasteiger partial charge is 0.169 e. The SMILES string of the molecule is C#CC(C)(CC=C)Oc1cc(C)c(C)c(C)c1. The molecule has 0 aliphatic heterocycles. The van der Waals surface area contributed by atoms with Gasteiger partial charge in [-0.3, -0.25) is 0 Å². The van der Waals surface area contributed by atoms with Crippen LogP contribution in [0.1, 0.15) is 30.0 Å². The van der Waals surface area contributed by atoms with E-state index in [4.69, 9.17) is 11.2 Å². The van der Waals surface area contributed by atoms with Crippen LogP contribution in [0.3, 0.4) is 0 Å². The lowest BCUT2D eigenvalue weighted by Gasteiger charge is -2.24. The van der Waals surface area contributed by atoms with Crippen LogP contribution < -0.4 is 4.74 Å². The summed E-state index contributed by atoms with van der Waals surface area (Å²) >= 11 is 0. The maximum absolute atomic E-state index is 5.90. The Bertz CT molecular complexity index is 442.